The number of benzene rings is 9. The molecule has 0 fully saturated rings. The van der Waals surface area contributed by atoms with Crippen LogP contribution in [0.1, 0.15) is 25.0 Å². The van der Waals surface area contributed by atoms with Gasteiger partial charge in [-0.05, 0) is 98.4 Å². The third kappa shape index (κ3) is 5.18. The Morgan fingerprint density at radius 3 is 1.53 bits per heavy atom. The van der Waals surface area contributed by atoms with Gasteiger partial charge in [-0.3, -0.25) is 0 Å². The molecule has 0 saturated carbocycles. The average molecular weight is 729 g/mol. The van der Waals surface area contributed by atoms with Gasteiger partial charge in [0, 0.05) is 38.6 Å². The molecule has 0 unspecified atom stereocenters. The number of hydrogen-bond acceptors (Lipinski definition) is 1. The van der Waals surface area contributed by atoms with Crippen LogP contribution in [0.15, 0.2) is 206 Å². The third-order valence-electron chi connectivity index (χ3n) is 12.2. The van der Waals surface area contributed by atoms with Gasteiger partial charge in [0.05, 0.1) is 16.7 Å². The molecule has 11 rings (SSSR count). The molecule has 57 heavy (non-hydrogen) atoms. The molecular weight excluding hydrogens is 689 g/mol. The Kier molecular flexibility index (Phi) is 7.55. The van der Waals surface area contributed by atoms with Crippen LogP contribution in [-0.2, 0) is 5.41 Å². The first-order valence-electron chi connectivity index (χ1n) is 19.9. The van der Waals surface area contributed by atoms with E-state index in [9.17, 15) is 0 Å². The van der Waals surface area contributed by atoms with Gasteiger partial charge in [0.1, 0.15) is 0 Å². The van der Waals surface area contributed by atoms with Gasteiger partial charge in [-0.2, -0.15) is 0 Å². The van der Waals surface area contributed by atoms with E-state index in [2.05, 4.69) is 230 Å². The summed E-state index contributed by atoms with van der Waals surface area (Å²) in [5, 5.41) is 5.06. The van der Waals surface area contributed by atoms with E-state index in [0.717, 1.165) is 22.7 Å². The van der Waals surface area contributed by atoms with E-state index in [-0.39, 0.29) is 5.41 Å². The number of nitrogens with zero attached hydrogens (tertiary/aromatic N) is 2. The molecule has 1 heterocycles. The van der Waals surface area contributed by atoms with E-state index in [1.807, 2.05) is 0 Å². The van der Waals surface area contributed by atoms with Crippen molar-refractivity contribution in [3.8, 4) is 39.1 Å². The minimum absolute atomic E-state index is 0.106. The fourth-order valence-electron chi connectivity index (χ4n) is 9.47. The zero-order chi connectivity index (χ0) is 38.1. The number of hydrogen-bond donors (Lipinski definition) is 0. The number of rotatable bonds is 6. The van der Waals surface area contributed by atoms with Crippen LogP contribution >= 0.6 is 0 Å². The fourth-order valence-corrected chi connectivity index (χ4v) is 9.47. The molecule has 0 spiro atoms. The summed E-state index contributed by atoms with van der Waals surface area (Å²) in [6, 6.07) is 75.5. The summed E-state index contributed by atoms with van der Waals surface area (Å²) < 4.78 is 2.49. The van der Waals surface area contributed by atoms with Crippen molar-refractivity contribution >= 4 is 49.6 Å². The molecule has 9 aromatic carbocycles. The van der Waals surface area contributed by atoms with Crippen LogP contribution in [-0.4, -0.2) is 4.57 Å². The van der Waals surface area contributed by atoms with Crippen LogP contribution < -0.4 is 4.90 Å². The third-order valence-corrected chi connectivity index (χ3v) is 12.2. The molecule has 2 heteroatoms. The smallest absolute Gasteiger partial charge is 0.0568 e. The normalized spacial score (nSPS) is 12.9. The summed E-state index contributed by atoms with van der Waals surface area (Å²) in [6.07, 6.45) is 0. The van der Waals surface area contributed by atoms with Crippen molar-refractivity contribution in [1.29, 1.82) is 0 Å². The predicted molar refractivity (Wildman–Crippen MR) is 241 cm³/mol. The highest BCUT2D eigenvalue weighted by Crippen LogP contribution is 2.55. The van der Waals surface area contributed by atoms with E-state index in [1.54, 1.807) is 0 Å². The van der Waals surface area contributed by atoms with Gasteiger partial charge in [0.2, 0.25) is 0 Å². The maximum atomic E-state index is 2.49. The first-order chi connectivity index (χ1) is 28.1. The Labute approximate surface area is 333 Å². The molecule has 0 radical (unpaired) electrons. The van der Waals surface area contributed by atoms with E-state index < -0.39 is 0 Å². The molecule has 2 nitrogen and oxygen atoms in total. The van der Waals surface area contributed by atoms with Gasteiger partial charge in [-0.1, -0.05) is 172 Å². The van der Waals surface area contributed by atoms with Crippen LogP contribution in [0, 0.1) is 0 Å². The molecule has 10 aromatic rings. The zero-order valence-corrected chi connectivity index (χ0v) is 32.0. The molecule has 270 valence electrons. The maximum absolute atomic E-state index is 2.49. The van der Waals surface area contributed by atoms with Crippen molar-refractivity contribution in [2.75, 3.05) is 4.90 Å². The highest BCUT2D eigenvalue weighted by molar-refractivity contribution is 6.28. The van der Waals surface area contributed by atoms with E-state index in [1.165, 1.54) is 77.1 Å². The number of fused-ring (bicyclic) bond motifs is 9. The van der Waals surface area contributed by atoms with Crippen molar-refractivity contribution in [1.82, 2.24) is 4.57 Å². The molecule has 1 aromatic heterocycles. The molecule has 0 saturated heterocycles. The Hall–Kier alpha value is -7.16. The van der Waals surface area contributed by atoms with Gasteiger partial charge >= 0.3 is 0 Å². The second kappa shape index (κ2) is 13.0. The van der Waals surface area contributed by atoms with Crippen molar-refractivity contribution in [2.24, 2.45) is 0 Å². The summed E-state index contributed by atoms with van der Waals surface area (Å²) >= 11 is 0. The Bertz CT molecular complexity index is 3020. The monoisotopic (exact) mass is 728 g/mol. The molecule has 0 aliphatic heterocycles. The topological polar surface area (TPSA) is 8.17 Å². The molecule has 1 aliphatic rings. The molecule has 0 bridgehead atoms. The van der Waals surface area contributed by atoms with Crippen molar-refractivity contribution in [2.45, 2.75) is 19.3 Å². The first kappa shape index (κ1) is 33.2. The molecule has 0 N–H and O–H groups in total. The maximum Gasteiger partial charge on any atom is 0.0568 e. The van der Waals surface area contributed by atoms with Gasteiger partial charge in [0.25, 0.3) is 0 Å². The summed E-state index contributed by atoms with van der Waals surface area (Å²) in [6.45, 7) is 4.75. The number of para-hydroxylation sites is 1. The number of aromatic nitrogens is 1. The van der Waals surface area contributed by atoms with Crippen molar-refractivity contribution < 1.29 is 0 Å². The van der Waals surface area contributed by atoms with E-state index in [4.69, 9.17) is 0 Å². The first-order valence-corrected chi connectivity index (χ1v) is 19.9. The quantitative estimate of drug-likeness (QED) is 0.165. The summed E-state index contributed by atoms with van der Waals surface area (Å²) in [7, 11) is 0. The highest BCUT2D eigenvalue weighted by Gasteiger charge is 2.37. The second-order valence-electron chi connectivity index (χ2n) is 15.7. The lowest BCUT2D eigenvalue weighted by Gasteiger charge is -2.28. The minimum atomic E-state index is -0.106. The SMILES string of the molecule is CC1(C)c2ccccc2-c2c1ccc1c2c2c3ccccc3c(N(c3ccc(-c4ccccc4)cc3)c3ccc(-c4ccccc4)cc3)cc2n1-c1ccccc1. The molecule has 0 atom stereocenters. The Morgan fingerprint density at radius 2 is 0.912 bits per heavy atom. The van der Waals surface area contributed by atoms with Crippen LogP contribution in [0.25, 0.3) is 71.6 Å². The van der Waals surface area contributed by atoms with Crippen LogP contribution in [0.5, 0.6) is 0 Å². The van der Waals surface area contributed by atoms with Gasteiger partial charge in [-0.15, -0.1) is 0 Å². The van der Waals surface area contributed by atoms with Crippen LogP contribution in [0.4, 0.5) is 17.1 Å². The van der Waals surface area contributed by atoms with E-state index >= 15 is 0 Å². The van der Waals surface area contributed by atoms with Gasteiger partial charge < -0.3 is 9.47 Å². The van der Waals surface area contributed by atoms with Crippen molar-refractivity contribution in [3.05, 3.63) is 217 Å². The molecular formula is C55H40N2. The second-order valence-corrected chi connectivity index (χ2v) is 15.7. The molecule has 0 amide bonds. The Morgan fingerprint density at radius 1 is 0.404 bits per heavy atom. The van der Waals surface area contributed by atoms with E-state index in [0.29, 0.717) is 0 Å². The summed E-state index contributed by atoms with van der Waals surface area (Å²) in [4.78, 5) is 2.45. The fraction of sp³-hybridized carbons (Fsp3) is 0.0545. The predicted octanol–water partition coefficient (Wildman–Crippen LogP) is 15.0. The largest absolute Gasteiger partial charge is 0.310 e. The standard InChI is InChI=1S/C55H40N2/c1-55(2)47-25-15-14-24-46(47)52-48(55)34-35-49-54(52)53-45-23-13-12-22-44(45)50(36-51(53)57(49)41-20-10-5-11-21-41)56(42-30-26-39(27-31-42)37-16-6-3-7-17-37)43-32-28-40(29-33-43)38-18-8-4-9-19-38/h3-36H,1-2H3. The van der Waals surface area contributed by atoms with Crippen molar-refractivity contribution in [3.63, 3.8) is 0 Å². The lowest BCUT2D eigenvalue weighted by Crippen LogP contribution is -2.14. The Balaban J connectivity index is 1.23. The highest BCUT2D eigenvalue weighted by atomic mass is 15.1. The number of anilines is 3. The molecule has 1 aliphatic carbocycles. The lowest BCUT2D eigenvalue weighted by atomic mass is 9.82. The minimum Gasteiger partial charge on any atom is -0.310 e. The lowest BCUT2D eigenvalue weighted by molar-refractivity contribution is 0.661. The summed E-state index contributed by atoms with van der Waals surface area (Å²) in [5.41, 5.74) is 17.1. The van der Waals surface area contributed by atoms with Crippen LogP contribution in [0.2, 0.25) is 0 Å². The van der Waals surface area contributed by atoms with Crippen LogP contribution in [0.3, 0.4) is 0 Å². The van der Waals surface area contributed by atoms with Gasteiger partial charge in [-0.25, -0.2) is 0 Å². The zero-order valence-electron chi connectivity index (χ0n) is 32.0. The average Bonchev–Trinajstić information content (AvgIpc) is 3.73. The summed E-state index contributed by atoms with van der Waals surface area (Å²) in [5.74, 6) is 0. The van der Waals surface area contributed by atoms with Gasteiger partial charge in [0.15, 0.2) is 0 Å².